The van der Waals surface area contributed by atoms with Gasteiger partial charge < -0.3 is 4.74 Å². The summed E-state index contributed by atoms with van der Waals surface area (Å²) >= 11 is 0. The number of ether oxygens (including phenoxy) is 1. The Bertz CT molecular complexity index is 637. The summed E-state index contributed by atoms with van der Waals surface area (Å²) in [5.74, 6) is 1.29. The molecule has 1 unspecified atom stereocenters. The van der Waals surface area contributed by atoms with Gasteiger partial charge in [-0.05, 0) is 47.7 Å². The van der Waals surface area contributed by atoms with Crippen LogP contribution in [0, 0.1) is 5.92 Å². The van der Waals surface area contributed by atoms with Crippen molar-refractivity contribution in [3.8, 4) is 11.1 Å². The minimum Gasteiger partial charge on any atom is -0.474 e. The second-order valence-electron chi connectivity index (χ2n) is 5.69. The zero-order valence-electron chi connectivity index (χ0n) is 12.4. The van der Waals surface area contributed by atoms with Gasteiger partial charge in [0.15, 0.2) is 0 Å². The summed E-state index contributed by atoms with van der Waals surface area (Å²) in [6, 6.07) is 8.23. The summed E-state index contributed by atoms with van der Waals surface area (Å²) in [4.78, 5) is 13.1. The number of nitrogens with zero attached hydrogens (tertiary/aromatic N) is 3. The summed E-state index contributed by atoms with van der Waals surface area (Å²) in [7, 11) is 0. The fourth-order valence-corrected chi connectivity index (χ4v) is 2.49. The lowest BCUT2D eigenvalue weighted by Crippen LogP contribution is -2.09. The Hall–Kier alpha value is -2.23. The number of aromatic nitrogens is 2. The van der Waals surface area contributed by atoms with Crippen LogP contribution in [0.25, 0.3) is 11.1 Å². The van der Waals surface area contributed by atoms with Crippen molar-refractivity contribution in [2.45, 2.75) is 26.3 Å². The van der Waals surface area contributed by atoms with Gasteiger partial charge >= 0.3 is 0 Å². The Labute approximate surface area is 124 Å². The predicted octanol–water partition coefficient (Wildman–Crippen LogP) is 3.34. The van der Waals surface area contributed by atoms with Crippen LogP contribution in [0.1, 0.15) is 26.0 Å². The van der Waals surface area contributed by atoms with Crippen molar-refractivity contribution in [1.82, 2.24) is 9.97 Å². The third-order valence-electron chi connectivity index (χ3n) is 3.45. The molecule has 0 saturated heterocycles. The highest BCUT2D eigenvalue weighted by molar-refractivity contribution is 5.94. The van der Waals surface area contributed by atoms with E-state index in [2.05, 4.69) is 28.8 Å². The molecule has 0 aromatic carbocycles. The SMILES string of the molecule is CC(C)CC1COC(c2cc(-c3ccncc3)ccn2)=N1. The summed E-state index contributed by atoms with van der Waals surface area (Å²) in [6.45, 7) is 5.07. The standard InChI is InChI=1S/C17H19N3O/c1-12(2)9-15-11-21-17(20-15)16-10-14(5-8-19-16)13-3-6-18-7-4-13/h3-8,10,12,15H,9,11H2,1-2H3. The van der Waals surface area contributed by atoms with Gasteiger partial charge in [-0.25, -0.2) is 4.99 Å². The van der Waals surface area contributed by atoms with E-state index in [1.54, 1.807) is 18.6 Å². The molecule has 0 bridgehead atoms. The molecule has 4 heteroatoms. The molecule has 4 nitrogen and oxygen atoms in total. The van der Waals surface area contributed by atoms with Crippen LogP contribution in [-0.2, 0) is 4.74 Å². The minimum absolute atomic E-state index is 0.256. The Morgan fingerprint density at radius 1 is 1.14 bits per heavy atom. The van der Waals surface area contributed by atoms with E-state index < -0.39 is 0 Å². The summed E-state index contributed by atoms with van der Waals surface area (Å²) < 4.78 is 5.72. The van der Waals surface area contributed by atoms with Crippen LogP contribution in [0.5, 0.6) is 0 Å². The fourth-order valence-electron chi connectivity index (χ4n) is 2.49. The first-order valence-corrected chi connectivity index (χ1v) is 7.30. The molecule has 1 aliphatic rings. The first kappa shape index (κ1) is 13.7. The maximum absolute atomic E-state index is 5.72. The molecule has 2 aromatic heterocycles. The topological polar surface area (TPSA) is 47.4 Å². The number of aliphatic imine (C=N–C) groups is 1. The average molecular weight is 281 g/mol. The van der Waals surface area contributed by atoms with Crippen LogP contribution < -0.4 is 0 Å². The zero-order chi connectivity index (χ0) is 14.7. The van der Waals surface area contributed by atoms with Crippen LogP contribution in [0.15, 0.2) is 47.8 Å². The van der Waals surface area contributed by atoms with Crippen LogP contribution in [0.3, 0.4) is 0 Å². The first-order chi connectivity index (χ1) is 10.2. The molecule has 0 fully saturated rings. The molecular formula is C17H19N3O. The summed E-state index contributed by atoms with van der Waals surface area (Å²) in [6.07, 6.45) is 6.43. The van der Waals surface area contributed by atoms with Gasteiger partial charge in [-0.1, -0.05) is 13.8 Å². The van der Waals surface area contributed by atoms with E-state index in [1.165, 1.54) is 0 Å². The molecule has 3 heterocycles. The maximum Gasteiger partial charge on any atom is 0.235 e. The highest BCUT2D eigenvalue weighted by Gasteiger charge is 2.21. The molecule has 0 amide bonds. The lowest BCUT2D eigenvalue weighted by atomic mass is 10.1. The third kappa shape index (κ3) is 3.27. The van der Waals surface area contributed by atoms with Crippen molar-refractivity contribution in [3.05, 3.63) is 48.5 Å². The first-order valence-electron chi connectivity index (χ1n) is 7.30. The Kier molecular flexibility index (Phi) is 3.95. The van der Waals surface area contributed by atoms with E-state index >= 15 is 0 Å². The highest BCUT2D eigenvalue weighted by Crippen LogP contribution is 2.21. The van der Waals surface area contributed by atoms with E-state index in [0.29, 0.717) is 18.4 Å². The van der Waals surface area contributed by atoms with Crippen molar-refractivity contribution in [3.63, 3.8) is 0 Å². The van der Waals surface area contributed by atoms with Crippen LogP contribution in [0.2, 0.25) is 0 Å². The second-order valence-corrected chi connectivity index (χ2v) is 5.69. The van der Waals surface area contributed by atoms with Crippen molar-refractivity contribution < 1.29 is 4.74 Å². The number of rotatable bonds is 4. The smallest absolute Gasteiger partial charge is 0.235 e. The second kappa shape index (κ2) is 6.04. The molecule has 1 aliphatic heterocycles. The van der Waals surface area contributed by atoms with E-state index in [4.69, 9.17) is 4.74 Å². The normalized spacial score (nSPS) is 17.7. The molecule has 0 aliphatic carbocycles. The predicted molar refractivity (Wildman–Crippen MR) is 83.2 cm³/mol. The van der Waals surface area contributed by atoms with E-state index in [9.17, 15) is 0 Å². The Morgan fingerprint density at radius 2 is 1.90 bits per heavy atom. The quantitative estimate of drug-likeness (QED) is 0.863. The number of hydrogen-bond donors (Lipinski definition) is 0. The van der Waals surface area contributed by atoms with Crippen molar-refractivity contribution in [1.29, 1.82) is 0 Å². The average Bonchev–Trinajstić information content (AvgIpc) is 2.96. The van der Waals surface area contributed by atoms with Gasteiger partial charge in [-0.3, -0.25) is 9.97 Å². The van der Waals surface area contributed by atoms with Gasteiger partial charge in [-0.15, -0.1) is 0 Å². The van der Waals surface area contributed by atoms with Crippen molar-refractivity contribution in [2.24, 2.45) is 10.9 Å². The zero-order valence-corrected chi connectivity index (χ0v) is 12.4. The molecule has 1 atom stereocenters. The summed E-state index contributed by atoms with van der Waals surface area (Å²) in [5.41, 5.74) is 3.02. The number of pyridine rings is 2. The molecule has 108 valence electrons. The fraction of sp³-hybridized carbons (Fsp3) is 0.353. The van der Waals surface area contributed by atoms with Gasteiger partial charge in [0.1, 0.15) is 12.3 Å². The van der Waals surface area contributed by atoms with E-state index in [0.717, 1.165) is 23.2 Å². The van der Waals surface area contributed by atoms with E-state index in [-0.39, 0.29) is 6.04 Å². The largest absolute Gasteiger partial charge is 0.474 e. The molecule has 0 radical (unpaired) electrons. The molecule has 0 N–H and O–H groups in total. The lowest BCUT2D eigenvalue weighted by molar-refractivity contribution is 0.301. The monoisotopic (exact) mass is 281 g/mol. The molecule has 21 heavy (non-hydrogen) atoms. The van der Waals surface area contributed by atoms with E-state index in [1.807, 2.05) is 24.3 Å². The summed E-state index contributed by atoms with van der Waals surface area (Å²) in [5, 5.41) is 0. The van der Waals surface area contributed by atoms with Gasteiger partial charge in [0, 0.05) is 18.6 Å². The number of hydrogen-bond acceptors (Lipinski definition) is 4. The van der Waals surface area contributed by atoms with Crippen LogP contribution >= 0.6 is 0 Å². The minimum atomic E-state index is 0.256. The van der Waals surface area contributed by atoms with Crippen molar-refractivity contribution >= 4 is 5.90 Å². The van der Waals surface area contributed by atoms with Crippen LogP contribution in [-0.4, -0.2) is 28.5 Å². The van der Waals surface area contributed by atoms with Crippen LogP contribution in [0.4, 0.5) is 0 Å². The molecule has 3 rings (SSSR count). The third-order valence-corrected chi connectivity index (χ3v) is 3.45. The molecule has 2 aromatic rings. The molecule has 0 spiro atoms. The maximum atomic E-state index is 5.72. The highest BCUT2D eigenvalue weighted by atomic mass is 16.5. The lowest BCUT2D eigenvalue weighted by Gasteiger charge is -2.06. The van der Waals surface area contributed by atoms with Gasteiger partial charge in [0.2, 0.25) is 5.90 Å². The van der Waals surface area contributed by atoms with Gasteiger partial charge in [0.05, 0.1) is 6.04 Å². The van der Waals surface area contributed by atoms with Gasteiger partial charge in [-0.2, -0.15) is 0 Å². The Balaban J connectivity index is 1.84. The Morgan fingerprint density at radius 3 is 2.67 bits per heavy atom. The molecular weight excluding hydrogens is 262 g/mol. The van der Waals surface area contributed by atoms with Gasteiger partial charge in [0.25, 0.3) is 0 Å². The van der Waals surface area contributed by atoms with Crippen molar-refractivity contribution in [2.75, 3.05) is 6.61 Å². The molecule has 0 saturated carbocycles.